The molecule has 0 bridgehead atoms. The summed E-state index contributed by atoms with van der Waals surface area (Å²) in [5.41, 5.74) is 0.343. The molecule has 0 saturated heterocycles. The molecule has 1 N–H and O–H groups in total. The number of esters is 1. The van der Waals surface area contributed by atoms with Gasteiger partial charge in [0.15, 0.2) is 0 Å². The van der Waals surface area contributed by atoms with Gasteiger partial charge in [-0.3, -0.25) is 9.78 Å². The molecule has 8 heteroatoms. The van der Waals surface area contributed by atoms with Crippen molar-refractivity contribution in [2.24, 2.45) is 0 Å². The Morgan fingerprint density at radius 2 is 1.86 bits per heavy atom. The molecule has 5 nitrogen and oxygen atoms in total. The van der Waals surface area contributed by atoms with Crippen LogP contribution >= 0.6 is 0 Å². The normalized spacial score (nSPS) is 12.4. The lowest BCUT2D eigenvalue weighted by Crippen LogP contribution is -2.43. The summed E-state index contributed by atoms with van der Waals surface area (Å²) in [5, 5.41) is 3.26. The monoisotopic (exact) mass is 402 g/mol. The molecule has 0 saturated carbocycles. The molecule has 2 aromatic carbocycles. The van der Waals surface area contributed by atoms with Crippen molar-refractivity contribution in [3.05, 3.63) is 77.5 Å². The van der Waals surface area contributed by atoms with Gasteiger partial charge in [0, 0.05) is 18.0 Å². The summed E-state index contributed by atoms with van der Waals surface area (Å²) in [6.07, 6.45) is -3.28. The van der Waals surface area contributed by atoms with E-state index in [0.717, 1.165) is 24.6 Å². The summed E-state index contributed by atoms with van der Waals surface area (Å²) >= 11 is 0. The van der Waals surface area contributed by atoms with Gasteiger partial charge in [0.2, 0.25) is 0 Å². The SMILES string of the molecule is COC(=O)[C@H](Cc1cccc(C(F)(F)F)c1)NC(=O)c1cnc2ccccc2c1. The Morgan fingerprint density at radius 3 is 2.59 bits per heavy atom. The van der Waals surface area contributed by atoms with E-state index < -0.39 is 29.7 Å². The highest BCUT2D eigenvalue weighted by Gasteiger charge is 2.31. The van der Waals surface area contributed by atoms with E-state index in [0.29, 0.717) is 5.52 Å². The third-order valence-electron chi connectivity index (χ3n) is 4.34. The number of hydrogen-bond donors (Lipinski definition) is 1. The van der Waals surface area contributed by atoms with Crippen LogP contribution < -0.4 is 5.32 Å². The number of pyridine rings is 1. The van der Waals surface area contributed by atoms with Gasteiger partial charge in [-0.25, -0.2) is 4.79 Å². The minimum absolute atomic E-state index is 0.149. The van der Waals surface area contributed by atoms with Gasteiger partial charge in [-0.05, 0) is 23.8 Å². The highest BCUT2D eigenvalue weighted by molar-refractivity contribution is 5.99. The number of benzene rings is 2. The molecular weight excluding hydrogens is 385 g/mol. The first-order valence-corrected chi connectivity index (χ1v) is 8.67. The number of alkyl halides is 3. The molecule has 0 aliphatic heterocycles. The van der Waals surface area contributed by atoms with Crippen molar-refractivity contribution in [3.8, 4) is 0 Å². The largest absolute Gasteiger partial charge is 0.467 e. The first-order valence-electron chi connectivity index (χ1n) is 8.67. The van der Waals surface area contributed by atoms with Gasteiger partial charge in [-0.15, -0.1) is 0 Å². The molecule has 1 heterocycles. The summed E-state index contributed by atoms with van der Waals surface area (Å²) in [6.45, 7) is 0. The summed E-state index contributed by atoms with van der Waals surface area (Å²) in [5.74, 6) is -1.34. The van der Waals surface area contributed by atoms with E-state index in [-0.39, 0.29) is 17.5 Å². The van der Waals surface area contributed by atoms with Crippen molar-refractivity contribution in [2.45, 2.75) is 18.6 Å². The molecule has 1 atom stereocenters. The molecule has 3 rings (SSSR count). The lowest BCUT2D eigenvalue weighted by molar-refractivity contribution is -0.142. The zero-order valence-electron chi connectivity index (χ0n) is 15.4. The second kappa shape index (κ2) is 8.30. The molecule has 3 aromatic rings. The second-order valence-electron chi connectivity index (χ2n) is 6.37. The van der Waals surface area contributed by atoms with Gasteiger partial charge in [0.05, 0.1) is 23.8 Å². The van der Waals surface area contributed by atoms with E-state index in [1.807, 2.05) is 6.07 Å². The van der Waals surface area contributed by atoms with E-state index in [1.165, 1.54) is 18.3 Å². The van der Waals surface area contributed by atoms with Crippen LogP contribution in [0.2, 0.25) is 0 Å². The molecule has 29 heavy (non-hydrogen) atoms. The molecule has 0 radical (unpaired) electrons. The number of carbonyl (C=O) groups excluding carboxylic acids is 2. The van der Waals surface area contributed by atoms with E-state index in [9.17, 15) is 22.8 Å². The van der Waals surface area contributed by atoms with E-state index >= 15 is 0 Å². The Labute approximate surface area is 164 Å². The van der Waals surface area contributed by atoms with Crippen LogP contribution in [0.5, 0.6) is 0 Å². The molecule has 0 aliphatic rings. The molecular formula is C21H17F3N2O3. The van der Waals surface area contributed by atoms with Crippen LogP contribution in [0.3, 0.4) is 0 Å². The van der Waals surface area contributed by atoms with E-state index in [1.54, 1.807) is 24.3 Å². The summed E-state index contributed by atoms with van der Waals surface area (Å²) < 4.78 is 43.5. The highest BCUT2D eigenvalue weighted by Crippen LogP contribution is 2.29. The topological polar surface area (TPSA) is 68.3 Å². The Hall–Kier alpha value is -3.42. The molecule has 1 amide bonds. The van der Waals surface area contributed by atoms with Crippen LogP contribution in [0.15, 0.2) is 60.8 Å². The first kappa shape index (κ1) is 20.3. The maximum Gasteiger partial charge on any atom is 0.416 e. The predicted molar refractivity (Wildman–Crippen MR) is 100 cm³/mol. The molecule has 0 aliphatic carbocycles. The zero-order valence-corrected chi connectivity index (χ0v) is 15.4. The quantitative estimate of drug-likeness (QED) is 0.660. The van der Waals surface area contributed by atoms with Gasteiger partial charge in [0.25, 0.3) is 5.91 Å². The maximum atomic E-state index is 12.9. The van der Waals surface area contributed by atoms with Crippen molar-refractivity contribution in [3.63, 3.8) is 0 Å². The zero-order chi connectivity index (χ0) is 21.0. The van der Waals surface area contributed by atoms with Crippen LogP contribution in [0.25, 0.3) is 10.9 Å². The average molecular weight is 402 g/mol. The summed E-state index contributed by atoms with van der Waals surface area (Å²) in [6, 6.07) is 12.3. The molecule has 1 aromatic heterocycles. The Bertz CT molecular complexity index is 1050. The van der Waals surface area contributed by atoms with E-state index in [4.69, 9.17) is 4.74 Å². The standard InChI is InChI=1S/C21H17F3N2O3/c1-29-20(28)18(10-13-5-4-7-16(9-13)21(22,23)24)26-19(27)15-11-14-6-2-3-8-17(14)25-12-15/h2-9,11-12,18H,10H2,1H3,(H,26,27)/t18-/m0/s1. The lowest BCUT2D eigenvalue weighted by atomic mass is 10.0. The van der Waals surface area contributed by atoms with Crippen LogP contribution in [0.4, 0.5) is 13.2 Å². The van der Waals surface area contributed by atoms with Crippen molar-refractivity contribution < 1.29 is 27.5 Å². The van der Waals surface area contributed by atoms with Crippen LogP contribution in [-0.4, -0.2) is 30.0 Å². The molecule has 0 spiro atoms. The first-order chi connectivity index (χ1) is 13.8. The van der Waals surface area contributed by atoms with Crippen LogP contribution in [0, 0.1) is 0 Å². The van der Waals surface area contributed by atoms with Crippen molar-refractivity contribution in [2.75, 3.05) is 7.11 Å². The minimum atomic E-state index is -4.50. The number of carbonyl (C=O) groups is 2. The average Bonchev–Trinajstić information content (AvgIpc) is 2.71. The fourth-order valence-corrected chi connectivity index (χ4v) is 2.88. The van der Waals surface area contributed by atoms with Crippen LogP contribution in [0.1, 0.15) is 21.5 Å². The van der Waals surface area contributed by atoms with Crippen molar-refractivity contribution >= 4 is 22.8 Å². The smallest absolute Gasteiger partial charge is 0.416 e. The second-order valence-corrected chi connectivity index (χ2v) is 6.37. The van der Waals surface area contributed by atoms with Gasteiger partial charge in [-0.2, -0.15) is 13.2 Å². The third-order valence-corrected chi connectivity index (χ3v) is 4.34. The Morgan fingerprint density at radius 1 is 1.10 bits per heavy atom. The number of hydrogen-bond acceptors (Lipinski definition) is 4. The van der Waals surface area contributed by atoms with Crippen LogP contribution in [-0.2, 0) is 22.1 Å². The summed E-state index contributed by atoms with van der Waals surface area (Å²) in [4.78, 5) is 28.9. The number of halogens is 3. The molecule has 0 unspecified atom stereocenters. The van der Waals surface area contributed by atoms with Gasteiger partial charge < -0.3 is 10.1 Å². The summed E-state index contributed by atoms with van der Waals surface area (Å²) in [7, 11) is 1.14. The number of aromatic nitrogens is 1. The number of methoxy groups -OCH3 is 1. The van der Waals surface area contributed by atoms with Crippen molar-refractivity contribution in [1.29, 1.82) is 0 Å². The van der Waals surface area contributed by atoms with Gasteiger partial charge in [-0.1, -0.05) is 36.4 Å². The van der Waals surface area contributed by atoms with E-state index in [2.05, 4.69) is 10.3 Å². The van der Waals surface area contributed by atoms with Crippen molar-refractivity contribution in [1.82, 2.24) is 10.3 Å². The fraction of sp³-hybridized carbons (Fsp3) is 0.190. The Balaban J connectivity index is 1.81. The highest BCUT2D eigenvalue weighted by atomic mass is 19.4. The molecule has 0 fully saturated rings. The van der Waals surface area contributed by atoms with Gasteiger partial charge in [0.1, 0.15) is 6.04 Å². The number of fused-ring (bicyclic) bond motifs is 1. The predicted octanol–water partition coefficient (Wildman–Crippen LogP) is 3.77. The number of ether oxygens (including phenoxy) is 1. The third kappa shape index (κ3) is 4.90. The maximum absolute atomic E-state index is 12.9. The fourth-order valence-electron chi connectivity index (χ4n) is 2.88. The number of rotatable bonds is 5. The number of nitrogens with one attached hydrogen (secondary N) is 1. The Kier molecular flexibility index (Phi) is 5.81. The minimum Gasteiger partial charge on any atom is -0.467 e. The lowest BCUT2D eigenvalue weighted by Gasteiger charge is -2.17. The molecule has 150 valence electrons. The van der Waals surface area contributed by atoms with Gasteiger partial charge >= 0.3 is 12.1 Å². The number of amides is 1. The number of nitrogens with zero attached hydrogens (tertiary/aromatic N) is 1. The number of para-hydroxylation sites is 1.